The summed E-state index contributed by atoms with van der Waals surface area (Å²) in [6.45, 7) is 0. The molecule has 0 atom stereocenters. The van der Waals surface area contributed by atoms with Crippen LogP contribution < -0.4 is 0 Å². The Bertz CT molecular complexity index is 14.0. The first-order chi connectivity index (χ1) is 0. The first-order valence-electron chi connectivity index (χ1n) is 0. The zero-order chi connectivity index (χ0) is 0. The average Bonchev–Trinajstić information content (AvgIpc) is 0. The Labute approximate surface area is 77.7 Å². The molecular formula is C2H18O4Th. The molecule has 54 valence electrons. The second kappa shape index (κ2) is 201. The van der Waals surface area contributed by atoms with Crippen molar-refractivity contribution in [1.29, 1.82) is 0 Å². The standard InChI is InChI=1S/2CH4.4H2O.Th.H2/h2*1H4;4*1H2;;1H/i;;;;;;;1+1. The Morgan fingerprint density at radius 3 is 0.571 bits per heavy atom. The van der Waals surface area contributed by atoms with Gasteiger partial charge in [0.2, 0.25) is 0 Å². The third kappa shape index (κ3) is 141. The molecule has 0 aliphatic carbocycles. The van der Waals surface area contributed by atoms with E-state index in [1.807, 2.05) is 0 Å². The van der Waals surface area contributed by atoms with Gasteiger partial charge >= 0.3 is 0 Å². The van der Waals surface area contributed by atoms with E-state index in [1.54, 1.807) is 0 Å². The Hall–Kier alpha value is 1.16. The molecule has 0 aromatic heterocycles. The van der Waals surface area contributed by atoms with Gasteiger partial charge in [-0.2, -0.15) is 0 Å². The Morgan fingerprint density at radius 2 is 0.571 bits per heavy atom. The average molecular weight is 339 g/mol. The second-order valence-corrected chi connectivity index (χ2v) is 0. The van der Waals surface area contributed by atoms with Crippen LogP contribution >= 0.6 is 0 Å². The molecule has 0 saturated carbocycles. The van der Waals surface area contributed by atoms with Crippen molar-refractivity contribution in [1.82, 2.24) is 0 Å². The van der Waals surface area contributed by atoms with Gasteiger partial charge in [0.05, 0.1) is 0 Å². The molecule has 7 heavy (non-hydrogen) atoms. The Morgan fingerprint density at radius 1 is 0.571 bits per heavy atom. The van der Waals surface area contributed by atoms with E-state index in [0.717, 1.165) is 0 Å². The van der Waals surface area contributed by atoms with Crippen molar-refractivity contribution in [3.05, 3.63) is 0 Å². The van der Waals surface area contributed by atoms with Crippen LogP contribution in [-0.4, -0.2) is 21.9 Å². The minimum atomic E-state index is 0. The molecule has 0 saturated heterocycles. The van der Waals surface area contributed by atoms with Crippen LogP contribution in [0.25, 0.3) is 0 Å². The third-order valence-electron chi connectivity index (χ3n) is 0. The molecule has 8 N–H and O–H groups in total. The smallest absolute Gasteiger partial charge is 0 e. The molecule has 0 radical (unpaired) electrons. The molecule has 0 aromatic carbocycles. The minimum absolute atomic E-state index is 0. The van der Waals surface area contributed by atoms with E-state index in [4.69, 9.17) is 0 Å². The fourth-order valence-corrected chi connectivity index (χ4v) is 0. The molecule has 0 aliphatic rings. The molecule has 0 fully saturated rings. The van der Waals surface area contributed by atoms with Crippen molar-refractivity contribution in [2.24, 2.45) is 0 Å². The van der Waals surface area contributed by atoms with Crippen molar-refractivity contribution in [2.75, 3.05) is 0 Å². The van der Waals surface area contributed by atoms with E-state index in [2.05, 4.69) is 0 Å². The molecule has 4 nitrogen and oxygen atoms in total. The van der Waals surface area contributed by atoms with Gasteiger partial charge in [0.25, 0.3) is 0 Å². The topological polar surface area (TPSA) is 126 Å². The van der Waals surface area contributed by atoms with E-state index in [1.165, 1.54) is 0 Å². The van der Waals surface area contributed by atoms with Crippen molar-refractivity contribution >= 4 is 0 Å². The van der Waals surface area contributed by atoms with Crippen LogP contribution in [0.2, 0.25) is 0 Å². The summed E-state index contributed by atoms with van der Waals surface area (Å²) in [5, 5.41) is 0. The van der Waals surface area contributed by atoms with E-state index in [9.17, 15) is 0 Å². The van der Waals surface area contributed by atoms with Crippen LogP contribution in [0.1, 0.15) is 16.3 Å². The predicted octanol–water partition coefficient (Wildman–Crippen LogP) is -1.78. The van der Waals surface area contributed by atoms with Gasteiger partial charge in [-0.1, -0.05) is 14.9 Å². The summed E-state index contributed by atoms with van der Waals surface area (Å²) in [4.78, 5) is 0. The van der Waals surface area contributed by atoms with E-state index < -0.39 is 0 Å². The van der Waals surface area contributed by atoms with Crippen molar-refractivity contribution in [3.8, 4) is 0 Å². The van der Waals surface area contributed by atoms with Gasteiger partial charge in [0, 0.05) is 41.4 Å². The third-order valence-corrected chi connectivity index (χ3v) is 0. The normalized spacial score (nSPS) is 0. The molecule has 0 rings (SSSR count). The van der Waals surface area contributed by atoms with Crippen LogP contribution in [-0.2, 0) is 0 Å². The van der Waals surface area contributed by atoms with Gasteiger partial charge in [-0.25, -0.2) is 0 Å². The van der Waals surface area contributed by atoms with Gasteiger partial charge in [-0.05, 0) is 0 Å². The molecule has 0 heterocycles. The van der Waals surface area contributed by atoms with Gasteiger partial charge in [-0.3, -0.25) is 0 Å². The van der Waals surface area contributed by atoms with Crippen LogP contribution in [0.4, 0.5) is 0 Å². The summed E-state index contributed by atoms with van der Waals surface area (Å²) in [5.41, 5.74) is 0. The van der Waals surface area contributed by atoms with Crippen molar-refractivity contribution in [2.45, 2.75) is 14.9 Å². The van der Waals surface area contributed by atoms with Crippen LogP contribution in [0.5, 0.6) is 0 Å². The zero-order valence-electron chi connectivity index (χ0n) is 2.50. The van der Waals surface area contributed by atoms with Gasteiger partial charge < -0.3 is 21.9 Å². The SMILES string of the molecule is C.C.O.O.O.O.[2HH].[Th]. The first kappa shape index (κ1) is 309. The maximum Gasteiger partial charge on any atom is 0 e. The number of hydrogen-bond acceptors (Lipinski definition) is 0. The monoisotopic (exact) mass is 339 g/mol. The molecule has 5 heteroatoms. The van der Waals surface area contributed by atoms with Gasteiger partial charge in [0.1, 0.15) is 0 Å². The Kier molecular flexibility index (Phi) is 8860. The van der Waals surface area contributed by atoms with Crippen molar-refractivity contribution in [3.63, 3.8) is 0 Å². The molecule has 0 spiro atoms. The van der Waals surface area contributed by atoms with Crippen LogP contribution in [0.3, 0.4) is 0 Å². The predicted molar refractivity (Wildman–Crippen MR) is 30.0 cm³/mol. The summed E-state index contributed by atoms with van der Waals surface area (Å²) in [7, 11) is 0. The summed E-state index contributed by atoms with van der Waals surface area (Å²) in [5.74, 6) is 0. The fraction of sp³-hybridized carbons (Fsp3) is 1.00. The van der Waals surface area contributed by atoms with Crippen LogP contribution in [0.15, 0.2) is 0 Å². The summed E-state index contributed by atoms with van der Waals surface area (Å²) in [6, 6.07) is 0. The maximum atomic E-state index is 0. The molecule has 0 bridgehead atoms. The quantitative estimate of drug-likeness (QED) is 0.495. The molecular weight excluding hydrogens is 320 g/mol. The minimum Gasteiger partial charge on any atom is -0.412 e. The van der Waals surface area contributed by atoms with E-state index in [-0.39, 0.29) is 78.1 Å². The van der Waals surface area contributed by atoms with E-state index >= 15 is 0 Å². The largest absolute Gasteiger partial charge is 0.412 e. The van der Waals surface area contributed by atoms with E-state index in [0.29, 0.717) is 0 Å². The van der Waals surface area contributed by atoms with Gasteiger partial charge in [-0.15, -0.1) is 0 Å². The number of rotatable bonds is 0. The molecule has 0 unspecified atom stereocenters. The van der Waals surface area contributed by atoms with Crippen molar-refractivity contribution < 1.29 is 63.3 Å². The van der Waals surface area contributed by atoms with Crippen LogP contribution in [0, 0.1) is 39.9 Å². The molecule has 0 aliphatic heterocycles. The van der Waals surface area contributed by atoms with Gasteiger partial charge in [0.15, 0.2) is 0 Å². The zero-order valence-corrected chi connectivity index (χ0v) is 6.61. The number of hydrogen-bond donors (Lipinski definition) is 0. The summed E-state index contributed by atoms with van der Waals surface area (Å²) >= 11 is 0. The molecule has 0 amide bonds. The fourth-order valence-electron chi connectivity index (χ4n) is 0. The molecule has 0 aromatic rings. The Balaban J connectivity index is 0. The summed E-state index contributed by atoms with van der Waals surface area (Å²) < 4.78 is 0. The first-order valence-corrected chi connectivity index (χ1v) is 0. The maximum absolute atomic E-state index is 0. The summed E-state index contributed by atoms with van der Waals surface area (Å²) in [6.07, 6.45) is 0. The second-order valence-electron chi connectivity index (χ2n) is 0.